The Morgan fingerprint density at radius 2 is 2.00 bits per heavy atom. The minimum atomic E-state index is 0.0961. The monoisotopic (exact) mass is 198 g/mol. The van der Waals surface area contributed by atoms with Crippen molar-refractivity contribution in [2.45, 2.75) is 51.5 Å². The van der Waals surface area contributed by atoms with Crippen LogP contribution in [0.25, 0.3) is 0 Å². The van der Waals surface area contributed by atoms with Crippen molar-refractivity contribution in [1.82, 2.24) is 10.2 Å². The molecule has 1 fully saturated rings. The molecule has 1 rings (SSSR count). The van der Waals surface area contributed by atoms with Gasteiger partial charge in [0.15, 0.2) is 0 Å². The average Bonchev–Trinajstić information content (AvgIpc) is 2.26. The largest absolute Gasteiger partial charge is 0.338 e. The lowest BCUT2D eigenvalue weighted by Gasteiger charge is -2.31. The van der Waals surface area contributed by atoms with Gasteiger partial charge in [0.1, 0.15) is 0 Å². The number of nitrogens with one attached hydrogen (secondary N) is 1. The van der Waals surface area contributed by atoms with Crippen molar-refractivity contribution < 1.29 is 4.79 Å². The van der Waals surface area contributed by atoms with Crippen LogP contribution < -0.4 is 5.32 Å². The molecule has 1 aliphatic carbocycles. The summed E-state index contributed by atoms with van der Waals surface area (Å²) >= 11 is 0. The van der Waals surface area contributed by atoms with Gasteiger partial charge in [-0.2, -0.15) is 0 Å². The second-order valence-corrected chi connectivity index (χ2v) is 4.13. The fourth-order valence-corrected chi connectivity index (χ4v) is 1.99. The first-order valence-electron chi connectivity index (χ1n) is 5.76. The Bertz CT molecular complexity index is 176. The van der Waals surface area contributed by atoms with E-state index >= 15 is 0 Å². The standard InChI is InChI=1S/C11H22N2O/c1-3-9-12-11(14)13(2)10-7-5-4-6-8-10/h10H,3-9H2,1-2H3,(H,12,14). The van der Waals surface area contributed by atoms with Gasteiger partial charge in [0.25, 0.3) is 0 Å². The maximum absolute atomic E-state index is 11.6. The van der Waals surface area contributed by atoms with E-state index in [1.165, 1.54) is 32.1 Å². The SMILES string of the molecule is CCCNC(=O)N(C)C1CCCCC1. The summed E-state index contributed by atoms with van der Waals surface area (Å²) in [6.07, 6.45) is 7.24. The highest BCUT2D eigenvalue weighted by Gasteiger charge is 2.21. The highest BCUT2D eigenvalue weighted by Crippen LogP contribution is 2.21. The maximum Gasteiger partial charge on any atom is 0.317 e. The zero-order valence-electron chi connectivity index (χ0n) is 9.38. The summed E-state index contributed by atoms with van der Waals surface area (Å²) in [5.41, 5.74) is 0. The third-order valence-corrected chi connectivity index (χ3v) is 2.97. The van der Waals surface area contributed by atoms with Crippen molar-refractivity contribution in [1.29, 1.82) is 0 Å². The van der Waals surface area contributed by atoms with Gasteiger partial charge in [-0.1, -0.05) is 26.2 Å². The number of hydrogen-bond acceptors (Lipinski definition) is 1. The Balaban J connectivity index is 2.30. The predicted octanol–water partition coefficient (Wildman–Crippen LogP) is 2.37. The molecule has 0 aromatic rings. The van der Waals surface area contributed by atoms with Gasteiger partial charge in [-0.3, -0.25) is 0 Å². The normalized spacial score (nSPS) is 17.9. The molecule has 3 heteroatoms. The molecule has 0 atom stereocenters. The van der Waals surface area contributed by atoms with Crippen LogP contribution in [-0.4, -0.2) is 30.6 Å². The fourth-order valence-electron chi connectivity index (χ4n) is 1.99. The van der Waals surface area contributed by atoms with Crippen LogP contribution in [0.1, 0.15) is 45.4 Å². The van der Waals surface area contributed by atoms with Crippen molar-refractivity contribution in [3.63, 3.8) is 0 Å². The van der Waals surface area contributed by atoms with E-state index in [9.17, 15) is 4.79 Å². The molecule has 82 valence electrons. The van der Waals surface area contributed by atoms with Gasteiger partial charge in [0.05, 0.1) is 0 Å². The van der Waals surface area contributed by atoms with Gasteiger partial charge in [-0.15, -0.1) is 0 Å². The van der Waals surface area contributed by atoms with Crippen molar-refractivity contribution >= 4 is 6.03 Å². The number of urea groups is 1. The summed E-state index contributed by atoms with van der Waals surface area (Å²) in [7, 11) is 1.92. The van der Waals surface area contributed by atoms with E-state index < -0.39 is 0 Å². The molecule has 0 radical (unpaired) electrons. The molecule has 0 aliphatic heterocycles. The molecule has 2 amide bonds. The zero-order chi connectivity index (χ0) is 10.4. The number of nitrogens with zero attached hydrogens (tertiary/aromatic N) is 1. The molecule has 1 saturated carbocycles. The highest BCUT2D eigenvalue weighted by atomic mass is 16.2. The summed E-state index contributed by atoms with van der Waals surface area (Å²) in [6.45, 7) is 2.86. The van der Waals surface area contributed by atoms with E-state index in [4.69, 9.17) is 0 Å². The van der Waals surface area contributed by atoms with Crippen molar-refractivity contribution in [3.8, 4) is 0 Å². The summed E-state index contributed by atoms with van der Waals surface area (Å²) in [6, 6.07) is 0.569. The summed E-state index contributed by atoms with van der Waals surface area (Å²) in [5, 5.41) is 2.92. The molecule has 0 bridgehead atoms. The molecule has 0 heterocycles. The van der Waals surface area contributed by atoms with Gasteiger partial charge < -0.3 is 10.2 Å². The first-order chi connectivity index (χ1) is 6.75. The molecule has 0 aromatic heterocycles. The number of rotatable bonds is 3. The number of carbonyl (C=O) groups excluding carboxylic acids is 1. The quantitative estimate of drug-likeness (QED) is 0.742. The van der Waals surface area contributed by atoms with Crippen LogP contribution in [0.2, 0.25) is 0 Å². The lowest BCUT2D eigenvalue weighted by atomic mass is 9.95. The van der Waals surface area contributed by atoms with E-state index in [0.29, 0.717) is 6.04 Å². The predicted molar refractivity (Wildman–Crippen MR) is 58.3 cm³/mol. The lowest BCUT2D eigenvalue weighted by Crippen LogP contribution is -2.44. The third kappa shape index (κ3) is 3.20. The Morgan fingerprint density at radius 3 is 2.57 bits per heavy atom. The molecule has 0 saturated heterocycles. The Hall–Kier alpha value is -0.730. The maximum atomic E-state index is 11.6. The van der Waals surface area contributed by atoms with Crippen LogP contribution >= 0.6 is 0 Å². The number of carbonyl (C=O) groups is 1. The third-order valence-electron chi connectivity index (χ3n) is 2.97. The molecule has 1 aliphatic rings. The molecule has 0 spiro atoms. The van der Waals surface area contributed by atoms with Gasteiger partial charge >= 0.3 is 6.03 Å². The molecular formula is C11H22N2O. The highest BCUT2D eigenvalue weighted by molar-refractivity contribution is 5.74. The summed E-state index contributed by atoms with van der Waals surface area (Å²) in [5.74, 6) is 0. The van der Waals surface area contributed by atoms with Gasteiger partial charge in [0, 0.05) is 19.6 Å². The van der Waals surface area contributed by atoms with Gasteiger partial charge in [-0.05, 0) is 19.3 Å². The van der Waals surface area contributed by atoms with Crippen LogP contribution in [0.5, 0.6) is 0 Å². The first kappa shape index (κ1) is 11.3. The van der Waals surface area contributed by atoms with Crippen molar-refractivity contribution in [3.05, 3.63) is 0 Å². The van der Waals surface area contributed by atoms with E-state index in [2.05, 4.69) is 12.2 Å². The van der Waals surface area contributed by atoms with Gasteiger partial charge in [-0.25, -0.2) is 4.79 Å². The first-order valence-corrected chi connectivity index (χ1v) is 5.76. The topological polar surface area (TPSA) is 32.3 Å². The van der Waals surface area contributed by atoms with E-state index in [1.807, 2.05) is 11.9 Å². The molecular weight excluding hydrogens is 176 g/mol. The smallest absolute Gasteiger partial charge is 0.317 e. The van der Waals surface area contributed by atoms with Crippen LogP contribution in [-0.2, 0) is 0 Å². The van der Waals surface area contributed by atoms with E-state index in [-0.39, 0.29) is 6.03 Å². The average molecular weight is 198 g/mol. The fraction of sp³-hybridized carbons (Fsp3) is 0.909. The second-order valence-electron chi connectivity index (χ2n) is 4.13. The van der Waals surface area contributed by atoms with E-state index in [0.717, 1.165) is 13.0 Å². The van der Waals surface area contributed by atoms with Crippen LogP contribution in [0.15, 0.2) is 0 Å². The number of amides is 2. The molecule has 0 unspecified atom stereocenters. The summed E-state index contributed by atoms with van der Waals surface area (Å²) < 4.78 is 0. The van der Waals surface area contributed by atoms with Crippen LogP contribution in [0.4, 0.5) is 4.79 Å². The number of hydrogen-bond donors (Lipinski definition) is 1. The van der Waals surface area contributed by atoms with Gasteiger partial charge in [0.2, 0.25) is 0 Å². The van der Waals surface area contributed by atoms with Crippen molar-refractivity contribution in [2.24, 2.45) is 0 Å². The Labute approximate surface area is 86.9 Å². The minimum Gasteiger partial charge on any atom is -0.338 e. The molecule has 0 aromatic carbocycles. The lowest BCUT2D eigenvalue weighted by molar-refractivity contribution is 0.174. The molecule has 3 nitrogen and oxygen atoms in total. The zero-order valence-corrected chi connectivity index (χ0v) is 9.38. The molecule has 14 heavy (non-hydrogen) atoms. The van der Waals surface area contributed by atoms with Crippen LogP contribution in [0.3, 0.4) is 0 Å². The minimum absolute atomic E-state index is 0.0961. The Kier molecular flexibility index (Phi) is 4.77. The van der Waals surface area contributed by atoms with E-state index in [1.54, 1.807) is 0 Å². The van der Waals surface area contributed by atoms with Crippen LogP contribution in [0, 0.1) is 0 Å². The summed E-state index contributed by atoms with van der Waals surface area (Å²) in [4.78, 5) is 13.5. The molecule has 1 N–H and O–H groups in total. The van der Waals surface area contributed by atoms with Crippen molar-refractivity contribution in [2.75, 3.05) is 13.6 Å². The second kappa shape index (κ2) is 5.89. The Morgan fingerprint density at radius 1 is 1.36 bits per heavy atom.